The Bertz CT molecular complexity index is 577. The van der Waals surface area contributed by atoms with E-state index in [1.807, 2.05) is 23.1 Å². The van der Waals surface area contributed by atoms with Gasteiger partial charge in [0.2, 0.25) is 0 Å². The number of hydrogen-bond donors (Lipinski definition) is 1. The zero-order valence-electron chi connectivity index (χ0n) is 11.8. The average molecular weight is 304 g/mol. The van der Waals surface area contributed by atoms with E-state index in [0.29, 0.717) is 18.8 Å². The van der Waals surface area contributed by atoms with Crippen LogP contribution in [0.25, 0.3) is 0 Å². The SMILES string of the molecule is N#C/C(=C/N1CCc2ccccc2C1)C(=O)NCCCCl. The first-order valence-corrected chi connectivity index (χ1v) is 7.55. The Labute approximate surface area is 130 Å². The van der Waals surface area contributed by atoms with E-state index in [9.17, 15) is 4.79 Å². The number of carbonyl (C=O) groups excluding carboxylic acids is 1. The Morgan fingerprint density at radius 3 is 2.90 bits per heavy atom. The molecule has 1 aliphatic heterocycles. The molecular weight excluding hydrogens is 286 g/mol. The second kappa shape index (κ2) is 7.70. The lowest BCUT2D eigenvalue weighted by molar-refractivity contribution is -0.117. The van der Waals surface area contributed by atoms with Crippen LogP contribution < -0.4 is 5.32 Å². The first-order chi connectivity index (χ1) is 10.2. The van der Waals surface area contributed by atoms with Gasteiger partial charge in [-0.2, -0.15) is 5.26 Å². The summed E-state index contributed by atoms with van der Waals surface area (Å²) in [7, 11) is 0. The van der Waals surface area contributed by atoms with E-state index in [4.69, 9.17) is 16.9 Å². The second-order valence-electron chi connectivity index (χ2n) is 4.94. The number of rotatable bonds is 5. The van der Waals surface area contributed by atoms with Crippen LogP contribution in [0.5, 0.6) is 0 Å². The number of alkyl halides is 1. The fourth-order valence-electron chi connectivity index (χ4n) is 2.31. The maximum absolute atomic E-state index is 11.9. The molecule has 0 aromatic heterocycles. The van der Waals surface area contributed by atoms with Gasteiger partial charge in [-0.15, -0.1) is 11.6 Å². The highest BCUT2D eigenvalue weighted by Crippen LogP contribution is 2.19. The lowest BCUT2D eigenvalue weighted by Crippen LogP contribution is -2.30. The van der Waals surface area contributed by atoms with Crippen molar-refractivity contribution in [3.63, 3.8) is 0 Å². The van der Waals surface area contributed by atoms with Crippen molar-refractivity contribution in [1.29, 1.82) is 5.26 Å². The summed E-state index contributed by atoms with van der Waals surface area (Å²) >= 11 is 5.56. The molecule has 1 aliphatic rings. The number of benzene rings is 1. The standard InChI is InChI=1S/C16H18ClN3O/c17-7-3-8-19-16(21)15(10-18)12-20-9-6-13-4-1-2-5-14(13)11-20/h1-2,4-5,12H,3,6-9,11H2,(H,19,21)/b15-12-. The van der Waals surface area contributed by atoms with Gasteiger partial charge in [0.05, 0.1) is 0 Å². The van der Waals surface area contributed by atoms with E-state index in [-0.39, 0.29) is 11.5 Å². The fourth-order valence-corrected chi connectivity index (χ4v) is 2.45. The molecule has 110 valence electrons. The van der Waals surface area contributed by atoms with Crippen LogP contribution in [0, 0.1) is 11.3 Å². The number of fused-ring (bicyclic) bond motifs is 1. The molecule has 0 aliphatic carbocycles. The van der Waals surface area contributed by atoms with Gasteiger partial charge >= 0.3 is 0 Å². The molecule has 2 rings (SSSR count). The highest BCUT2D eigenvalue weighted by Gasteiger charge is 2.16. The number of amides is 1. The minimum atomic E-state index is -0.332. The topological polar surface area (TPSA) is 56.1 Å². The average Bonchev–Trinajstić information content (AvgIpc) is 2.52. The van der Waals surface area contributed by atoms with Gasteiger partial charge in [0.25, 0.3) is 5.91 Å². The van der Waals surface area contributed by atoms with Crippen molar-refractivity contribution < 1.29 is 4.79 Å². The fraction of sp³-hybridized carbons (Fsp3) is 0.375. The normalized spacial score (nSPS) is 14.3. The molecule has 4 nitrogen and oxygen atoms in total. The van der Waals surface area contributed by atoms with Gasteiger partial charge in [-0.1, -0.05) is 24.3 Å². The van der Waals surface area contributed by atoms with Crippen molar-refractivity contribution in [3.8, 4) is 6.07 Å². The molecule has 1 aromatic carbocycles. The minimum Gasteiger partial charge on any atom is -0.371 e. The predicted octanol–water partition coefficient (Wildman–Crippen LogP) is 2.20. The van der Waals surface area contributed by atoms with Gasteiger partial charge in [0, 0.05) is 31.7 Å². The van der Waals surface area contributed by atoms with Gasteiger partial charge in [0.1, 0.15) is 11.6 Å². The lowest BCUT2D eigenvalue weighted by atomic mass is 10.0. The summed E-state index contributed by atoms with van der Waals surface area (Å²) < 4.78 is 0. The van der Waals surface area contributed by atoms with Crippen LogP contribution in [0.2, 0.25) is 0 Å². The molecule has 0 atom stereocenters. The Kier molecular flexibility index (Phi) is 5.65. The van der Waals surface area contributed by atoms with Crippen molar-refractivity contribution in [2.75, 3.05) is 19.0 Å². The summed E-state index contributed by atoms with van der Waals surface area (Å²) in [6.45, 7) is 2.04. The van der Waals surface area contributed by atoms with E-state index in [0.717, 1.165) is 19.5 Å². The second-order valence-corrected chi connectivity index (χ2v) is 5.32. The van der Waals surface area contributed by atoms with Crippen molar-refractivity contribution in [3.05, 3.63) is 47.2 Å². The third-order valence-electron chi connectivity index (χ3n) is 3.43. The van der Waals surface area contributed by atoms with Crippen LogP contribution >= 0.6 is 11.6 Å². The molecule has 0 saturated heterocycles. The summed E-state index contributed by atoms with van der Waals surface area (Å²) in [4.78, 5) is 13.9. The monoisotopic (exact) mass is 303 g/mol. The third-order valence-corrected chi connectivity index (χ3v) is 3.70. The number of carbonyl (C=O) groups is 1. The summed E-state index contributed by atoms with van der Waals surface area (Å²) in [6, 6.07) is 10.2. The number of nitrogens with zero attached hydrogens (tertiary/aromatic N) is 2. The third kappa shape index (κ3) is 4.24. The van der Waals surface area contributed by atoms with Crippen LogP contribution in [0.1, 0.15) is 17.5 Å². The molecule has 5 heteroatoms. The van der Waals surface area contributed by atoms with E-state index < -0.39 is 0 Å². The van der Waals surface area contributed by atoms with Gasteiger partial charge in [-0.3, -0.25) is 4.79 Å². The maximum atomic E-state index is 11.9. The predicted molar refractivity (Wildman–Crippen MR) is 82.6 cm³/mol. The van der Waals surface area contributed by atoms with Crippen LogP contribution in [-0.4, -0.2) is 29.8 Å². The van der Waals surface area contributed by atoms with Crippen LogP contribution in [-0.2, 0) is 17.8 Å². The zero-order valence-corrected chi connectivity index (χ0v) is 12.6. The first-order valence-electron chi connectivity index (χ1n) is 7.01. The van der Waals surface area contributed by atoms with Crippen molar-refractivity contribution in [1.82, 2.24) is 10.2 Å². The van der Waals surface area contributed by atoms with Gasteiger partial charge in [-0.05, 0) is 24.0 Å². The van der Waals surface area contributed by atoms with Gasteiger partial charge < -0.3 is 10.2 Å². The number of hydrogen-bond acceptors (Lipinski definition) is 3. The molecular formula is C16H18ClN3O. The van der Waals surface area contributed by atoms with E-state index >= 15 is 0 Å². The Morgan fingerprint density at radius 2 is 2.19 bits per heavy atom. The van der Waals surface area contributed by atoms with Crippen LogP contribution in [0.4, 0.5) is 0 Å². The van der Waals surface area contributed by atoms with Crippen LogP contribution in [0.3, 0.4) is 0 Å². The summed E-state index contributed by atoms with van der Waals surface area (Å²) in [5, 5.41) is 11.8. The minimum absolute atomic E-state index is 0.143. The molecule has 1 heterocycles. The summed E-state index contributed by atoms with van der Waals surface area (Å²) in [5.41, 5.74) is 2.73. The molecule has 0 saturated carbocycles. The van der Waals surface area contributed by atoms with Crippen molar-refractivity contribution in [2.24, 2.45) is 0 Å². The lowest BCUT2D eigenvalue weighted by Gasteiger charge is -2.27. The maximum Gasteiger partial charge on any atom is 0.263 e. The van der Waals surface area contributed by atoms with Gasteiger partial charge in [-0.25, -0.2) is 0 Å². The Hall–Kier alpha value is -1.99. The van der Waals surface area contributed by atoms with E-state index in [2.05, 4.69) is 17.4 Å². The number of halogens is 1. The van der Waals surface area contributed by atoms with E-state index in [1.165, 1.54) is 11.1 Å². The van der Waals surface area contributed by atoms with Crippen molar-refractivity contribution >= 4 is 17.5 Å². The first kappa shape index (κ1) is 15.4. The number of nitrogens with one attached hydrogen (secondary N) is 1. The van der Waals surface area contributed by atoms with Gasteiger partial charge in [0.15, 0.2) is 0 Å². The smallest absolute Gasteiger partial charge is 0.263 e. The Morgan fingerprint density at radius 1 is 1.43 bits per heavy atom. The highest BCUT2D eigenvalue weighted by atomic mass is 35.5. The molecule has 0 fully saturated rings. The van der Waals surface area contributed by atoms with E-state index in [1.54, 1.807) is 6.20 Å². The molecule has 0 spiro atoms. The van der Waals surface area contributed by atoms with Crippen molar-refractivity contribution in [2.45, 2.75) is 19.4 Å². The summed E-state index contributed by atoms with van der Waals surface area (Å²) in [6.07, 6.45) is 3.29. The molecule has 0 unspecified atom stereocenters. The molecule has 1 amide bonds. The largest absolute Gasteiger partial charge is 0.371 e. The highest BCUT2D eigenvalue weighted by molar-refractivity contribution is 6.17. The number of nitriles is 1. The molecule has 0 radical (unpaired) electrons. The van der Waals surface area contributed by atoms with Crippen LogP contribution in [0.15, 0.2) is 36.0 Å². The zero-order chi connectivity index (χ0) is 15.1. The quantitative estimate of drug-likeness (QED) is 0.393. The molecule has 1 N–H and O–H groups in total. The molecule has 0 bridgehead atoms. The molecule has 21 heavy (non-hydrogen) atoms. The Balaban J connectivity index is 2.01. The molecule has 1 aromatic rings. The summed E-state index contributed by atoms with van der Waals surface area (Å²) in [5.74, 6) is 0.163.